The molecule has 2 fully saturated rings. The van der Waals surface area contributed by atoms with Crippen molar-refractivity contribution in [2.24, 2.45) is 5.92 Å². The maximum absolute atomic E-state index is 9.90. The van der Waals surface area contributed by atoms with Crippen molar-refractivity contribution in [1.82, 2.24) is 15.5 Å². The lowest BCUT2D eigenvalue weighted by Crippen LogP contribution is -2.47. The number of anilines is 1. The number of rotatable bonds is 7. The van der Waals surface area contributed by atoms with E-state index in [4.69, 9.17) is 0 Å². The van der Waals surface area contributed by atoms with Crippen LogP contribution in [0.5, 0.6) is 0 Å². The molecule has 0 aromatic heterocycles. The Hall–Kier alpha value is -1.14. The number of hydrogen-bond acceptors (Lipinski definition) is 5. The smallest absolute Gasteiger partial charge is 0.0716 e. The zero-order chi connectivity index (χ0) is 16.8. The molecular formula is C19H32N4O. The Morgan fingerprint density at radius 1 is 1.17 bits per heavy atom. The molecule has 0 amide bonds. The van der Waals surface area contributed by atoms with Crippen molar-refractivity contribution in [1.29, 1.82) is 0 Å². The standard InChI is InChI=1S/C19H32N4O/c1-2-7-22-8-10-23(11-9-22)18-6-4-3-5-16(18)12-20-13-17-14-21-15-19(17)24/h3-6,17,19-21,24H,2,7-15H2,1H3. The monoisotopic (exact) mass is 332 g/mol. The van der Waals surface area contributed by atoms with Crippen molar-refractivity contribution in [3.8, 4) is 0 Å². The fraction of sp³-hybridized carbons (Fsp3) is 0.684. The van der Waals surface area contributed by atoms with E-state index in [0.717, 1.165) is 52.4 Å². The van der Waals surface area contributed by atoms with Gasteiger partial charge in [0.1, 0.15) is 0 Å². The second-order valence-corrected chi connectivity index (χ2v) is 7.07. The Morgan fingerprint density at radius 2 is 1.96 bits per heavy atom. The number of aliphatic hydroxyl groups is 1. The van der Waals surface area contributed by atoms with Crippen molar-refractivity contribution in [3.63, 3.8) is 0 Å². The van der Waals surface area contributed by atoms with Gasteiger partial charge in [0.25, 0.3) is 0 Å². The van der Waals surface area contributed by atoms with Gasteiger partial charge in [0.05, 0.1) is 6.10 Å². The van der Waals surface area contributed by atoms with Crippen molar-refractivity contribution >= 4 is 5.69 Å². The van der Waals surface area contributed by atoms with Crippen LogP contribution in [0.3, 0.4) is 0 Å². The van der Waals surface area contributed by atoms with Gasteiger partial charge in [0.15, 0.2) is 0 Å². The Labute approximate surface area is 146 Å². The summed E-state index contributed by atoms with van der Waals surface area (Å²) in [7, 11) is 0. The molecule has 5 heteroatoms. The van der Waals surface area contributed by atoms with Crippen molar-refractivity contribution in [3.05, 3.63) is 29.8 Å². The van der Waals surface area contributed by atoms with Gasteiger partial charge in [-0.15, -0.1) is 0 Å². The number of para-hydroxylation sites is 1. The van der Waals surface area contributed by atoms with Crippen LogP contribution in [0.1, 0.15) is 18.9 Å². The second kappa shape index (κ2) is 8.81. The number of benzene rings is 1. The van der Waals surface area contributed by atoms with Crippen molar-refractivity contribution in [2.75, 3.05) is 57.3 Å². The normalized spacial score (nSPS) is 25.3. The Balaban J connectivity index is 1.53. The average molecular weight is 332 g/mol. The van der Waals surface area contributed by atoms with Crippen LogP contribution in [0, 0.1) is 5.92 Å². The average Bonchev–Trinajstić information content (AvgIpc) is 3.02. The lowest BCUT2D eigenvalue weighted by molar-refractivity contribution is 0.146. The molecule has 3 N–H and O–H groups in total. The van der Waals surface area contributed by atoms with Crippen LogP contribution in [0.4, 0.5) is 5.69 Å². The molecule has 24 heavy (non-hydrogen) atoms. The molecule has 0 spiro atoms. The Bertz CT molecular complexity index is 502. The summed E-state index contributed by atoms with van der Waals surface area (Å²) in [5.74, 6) is 0.328. The third-order valence-corrected chi connectivity index (χ3v) is 5.27. The first kappa shape index (κ1) is 17.7. The lowest BCUT2D eigenvalue weighted by atomic mass is 10.1. The topological polar surface area (TPSA) is 50.8 Å². The van der Waals surface area contributed by atoms with E-state index < -0.39 is 0 Å². The summed E-state index contributed by atoms with van der Waals surface area (Å²) in [6.45, 7) is 11.4. The van der Waals surface area contributed by atoms with Crippen LogP contribution < -0.4 is 15.5 Å². The maximum Gasteiger partial charge on any atom is 0.0716 e. The molecule has 0 saturated carbocycles. The summed E-state index contributed by atoms with van der Waals surface area (Å²) in [6.07, 6.45) is 1.03. The lowest BCUT2D eigenvalue weighted by Gasteiger charge is -2.37. The van der Waals surface area contributed by atoms with Gasteiger partial charge < -0.3 is 20.6 Å². The highest BCUT2D eigenvalue weighted by Crippen LogP contribution is 2.22. The number of nitrogens with zero attached hydrogens (tertiary/aromatic N) is 2. The molecule has 2 aliphatic heterocycles. The molecule has 1 aromatic rings. The van der Waals surface area contributed by atoms with Gasteiger partial charge in [-0.3, -0.25) is 4.90 Å². The molecule has 2 saturated heterocycles. The van der Waals surface area contributed by atoms with E-state index in [1.165, 1.54) is 24.2 Å². The van der Waals surface area contributed by atoms with Crippen LogP contribution in [0.15, 0.2) is 24.3 Å². The van der Waals surface area contributed by atoms with E-state index in [-0.39, 0.29) is 6.10 Å². The molecule has 2 aliphatic rings. The van der Waals surface area contributed by atoms with Crippen LogP contribution in [0.2, 0.25) is 0 Å². The number of hydrogen-bond donors (Lipinski definition) is 3. The fourth-order valence-corrected chi connectivity index (χ4v) is 3.82. The number of nitrogens with one attached hydrogen (secondary N) is 2. The summed E-state index contributed by atoms with van der Waals surface area (Å²) in [5, 5.41) is 16.7. The molecule has 1 aromatic carbocycles. The van der Waals surface area contributed by atoms with Gasteiger partial charge in [-0.1, -0.05) is 25.1 Å². The van der Waals surface area contributed by atoms with Crippen LogP contribution in [0.25, 0.3) is 0 Å². The van der Waals surface area contributed by atoms with Gasteiger partial charge in [0, 0.05) is 64.0 Å². The molecular weight excluding hydrogens is 300 g/mol. The van der Waals surface area contributed by atoms with E-state index in [1.54, 1.807) is 0 Å². The first-order valence-electron chi connectivity index (χ1n) is 9.42. The van der Waals surface area contributed by atoms with E-state index in [0.29, 0.717) is 5.92 Å². The minimum atomic E-state index is -0.209. The molecule has 3 rings (SSSR count). The summed E-state index contributed by atoms with van der Waals surface area (Å²) in [4.78, 5) is 5.08. The summed E-state index contributed by atoms with van der Waals surface area (Å²) >= 11 is 0. The zero-order valence-corrected chi connectivity index (χ0v) is 14.9. The molecule has 0 radical (unpaired) electrons. The molecule has 2 unspecified atom stereocenters. The highest BCUT2D eigenvalue weighted by molar-refractivity contribution is 5.54. The molecule has 2 atom stereocenters. The quantitative estimate of drug-likeness (QED) is 0.692. The van der Waals surface area contributed by atoms with Gasteiger partial charge in [-0.25, -0.2) is 0 Å². The number of piperazine rings is 1. The SMILES string of the molecule is CCCN1CCN(c2ccccc2CNCC2CNCC2O)CC1. The molecule has 134 valence electrons. The maximum atomic E-state index is 9.90. The highest BCUT2D eigenvalue weighted by atomic mass is 16.3. The second-order valence-electron chi connectivity index (χ2n) is 7.07. The van der Waals surface area contributed by atoms with Gasteiger partial charge in [-0.2, -0.15) is 0 Å². The predicted octanol–water partition coefficient (Wildman–Crippen LogP) is 0.889. The third kappa shape index (κ3) is 4.48. The predicted molar refractivity (Wildman–Crippen MR) is 99.5 cm³/mol. The van der Waals surface area contributed by atoms with E-state index in [2.05, 4.69) is 51.6 Å². The largest absolute Gasteiger partial charge is 0.391 e. The van der Waals surface area contributed by atoms with Crippen LogP contribution >= 0.6 is 0 Å². The van der Waals surface area contributed by atoms with Crippen LogP contribution in [-0.4, -0.2) is 68.5 Å². The molecule has 0 aliphatic carbocycles. The number of β-amino-alcohol motifs (C(OH)–C–C–N with tert-alkyl or cyclic N) is 1. The van der Waals surface area contributed by atoms with Crippen LogP contribution in [-0.2, 0) is 6.54 Å². The molecule has 2 heterocycles. The highest BCUT2D eigenvalue weighted by Gasteiger charge is 2.24. The first-order valence-corrected chi connectivity index (χ1v) is 9.42. The molecule has 5 nitrogen and oxygen atoms in total. The van der Waals surface area contributed by atoms with Crippen molar-refractivity contribution in [2.45, 2.75) is 26.0 Å². The minimum absolute atomic E-state index is 0.209. The Morgan fingerprint density at radius 3 is 2.67 bits per heavy atom. The van der Waals surface area contributed by atoms with Crippen molar-refractivity contribution < 1.29 is 5.11 Å². The summed E-state index contributed by atoms with van der Waals surface area (Å²) < 4.78 is 0. The van der Waals surface area contributed by atoms with E-state index in [1.807, 2.05) is 0 Å². The zero-order valence-electron chi connectivity index (χ0n) is 14.9. The van der Waals surface area contributed by atoms with Gasteiger partial charge >= 0.3 is 0 Å². The van der Waals surface area contributed by atoms with Gasteiger partial charge in [-0.05, 0) is 24.6 Å². The third-order valence-electron chi connectivity index (χ3n) is 5.27. The minimum Gasteiger partial charge on any atom is -0.391 e. The van der Waals surface area contributed by atoms with E-state index in [9.17, 15) is 5.11 Å². The van der Waals surface area contributed by atoms with E-state index >= 15 is 0 Å². The fourth-order valence-electron chi connectivity index (χ4n) is 3.82. The molecule has 0 bridgehead atoms. The first-order chi connectivity index (χ1) is 11.8. The van der Waals surface area contributed by atoms with Gasteiger partial charge in [0.2, 0.25) is 0 Å². The number of aliphatic hydroxyl groups excluding tert-OH is 1. The summed E-state index contributed by atoms with van der Waals surface area (Å²) in [5.41, 5.74) is 2.73. The summed E-state index contributed by atoms with van der Waals surface area (Å²) in [6, 6.07) is 8.74. The Kier molecular flexibility index (Phi) is 6.49.